The summed E-state index contributed by atoms with van der Waals surface area (Å²) in [6.45, 7) is 9.47. The predicted molar refractivity (Wildman–Crippen MR) is 123 cm³/mol. The van der Waals surface area contributed by atoms with Crippen molar-refractivity contribution in [3.63, 3.8) is 0 Å². The maximum absolute atomic E-state index is 5.15. The number of nitrogens with zero attached hydrogens (tertiary/aromatic N) is 2. The fourth-order valence-corrected chi connectivity index (χ4v) is 7.88. The van der Waals surface area contributed by atoms with Gasteiger partial charge in [0.1, 0.15) is 0 Å². The van der Waals surface area contributed by atoms with Gasteiger partial charge in [-0.3, -0.25) is 9.98 Å². The Morgan fingerprint density at radius 3 is 1.47 bits per heavy atom. The first-order chi connectivity index (χ1) is 14.5. The summed E-state index contributed by atoms with van der Waals surface area (Å²) in [7, 11) is 0. The molecule has 0 spiro atoms. The number of benzene rings is 2. The summed E-state index contributed by atoms with van der Waals surface area (Å²) in [4.78, 5) is 10.3. The third-order valence-corrected chi connectivity index (χ3v) is 9.00. The van der Waals surface area contributed by atoms with Crippen molar-refractivity contribution >= 4 is 22.8 Å². The van der Waals surface area contributed by atoms with Crippen LogP contribution in [-0.2, 0) is 10.8 Å². The van der Waals surface area contributed by atoms with Gasteiger partial charge in [0.05, 0.1) is 22.8 Å². The molecule has 1 fully saturated rings. The Hall–Kier alpha value is -2.74. The highest BCUT2D eigenvalue weighted by molar-refractivity contribution is 6.15. The molecule has 2 aromatic rings. The predicted octanol–water partition coefficient (Wildman–Crippen LogP) is 6.47. The average Bonchev–Trinajstić information content (AvgIpc) is 3.21. The van der Waals surface area contributed by atoms with Gasteiger partial charge in [0.2, 0.25) is 0 Å². The lowest BCUT2D eigenvalue weighted by Gasteiger charge is -2.65. The zero-order valence-corrected chi connectivity index (χ0v) is 18.0. The maximum Gasteiger partial charge on any atom is 0.0675 e. The van der Waals surface area contributed by atoms with Gasteiger partial charge in [-0.2, -0.15) is 0 Å². The monoisotopic (exact) mass is 390 g/mol. The Morgan fingerprint density at radius 1 is 0.633 bits per heavy atom. The van der Waals surface area contributed by atoms with Gasteiger partial charge in [-0.05, 0) is 85.8 Å². The third-order valence-electron chi connectivity index (χ3n) is 9.00. The number of para-hydroxylation sites is 2. The molecular formula is C28H26N2. The summed E-state index contributed by atoms with van der Waals surface area (Å²) in [5.41, 5.74) is 10.5. The molecule has 0 amide bonds. The fraction of sp³-hybridized carbons (Fsp3) is 0.357. The van der Waals surface area contributed by atoms with Gasteiger partial charge in [-0.15, -0.1) is 0 Å². The van der Waals surface area contributed by atoms with E-state index in [4.69, 9.17) is 9.98 Å². The van der Waals surface area contributed by atoms with Gasteiger partial charge < -0.3 is 0 Å². The van der Waals surface area contributed by atoms with Crippen LogP contribution in [-0.4, -0.2) is 11.4 Å². The number of rotatable bonds is 0. The van der Waals surface area contributed by atoms with E-state index in [0.29, 0.717) is 23.7 Å². The summed E-state index contributed by atoms with van der Waals surface area (Å²) in [6.07, 6.45) is 5.07. The highest BCUT2D eigenvalue weighted by Gasteiger charge is 2.69. The Labute approximate surface area is 178 Å². The molecule has 0 radical (unpaired) electrons. The molecule has 2 nitrogen and oxygen atoms in total. The molecule has 2 aromatic carbocycles. The molecule has 1 saturated carbocycles. The van der Waals surface area contributed by atoms with E-state index in [0.717, 1.165) is 0 Å². The summed E-state index contributed by atoms with van der Waals surface area (Å²) < 4.78 is 0. The van der Waals surface area contributed by atoms with Crippen LogP contribution >= 0.6 is 0 Å². The third kappa shape index (κ3) is 1.64. The molecule has 148 valence electrons. The number of hydrogen-bond donors (Lipinski definition) is 0. The Morgan fingerprint density at radius 2 is 1.03 bits per heavy atom. The standard InChI is InChI=1S/C28H26N2/c1-15-13-17-18-14-16(2)26-28(4,20-10-6-8-12-22(20)30-26)24(18)23(17)27(3)19-9-5-7-11-21(19)29-25(15)27/h5-14,17-18,23-24H,1-4H3/t17-,18-,23-,24-,27+,28+/m0/s1. The van der Waals surface area contributed by atoms with Gasteiger partial charge >= 0.3 is 0 Å². The molecule has 0 unspecified atom stereocenters. The molecule has 0 saturated heterocycles. The molecule has 2 heterocycles. The molecule has 7 rings (SSSR count). The van der Waals surface area contributed by atoms with Gasteiger partial charge in [-0.25, -0.2) is 0 Å². The van der Waals surface area contributed by atoms with Gasteiger partial charge in [0.25, 0.3) is 0 Å². The van der Waals surface area contributed by atoms with Crippen LogP contribution in [0.1, 0.15) is 38.8 Å². The minimum absolute atomic E-state index is 0.0218. The van der Waals surface area contributed by atoms with Crippen molar-refractivity contribution in [3.8, 4) is 0 Å². The van der Waals surface area contributed by atoms with E-state index in [2.05, 4.69) is 88.4 Å². The first kappa shape index (κ1) is 17.0. The molecule has 6 atom stereocenters. The number of fused-ring (bicyclic) bond motifs is 12. The maximum atomic E-state index is 5.15. The molecule has 5 aliphatic rings. The number of allylic oxidation sites excluding steroid dienone is 4. The molecular weight excluding hydrogens is 364 g/mol. The van der Waals surface area contributed by atoms with Crippen LogP contribution in [0.2, 0.25) is 0 Å². The summed E-state index contributed by atoms with van der Waals surface area (Å²) >= 11 is 0. The molecule has 0 N–H and O–H groups in total. The smallest absolute Gasteiger partial charge is 0.0675 e. The van der Waals surface area contributed by atoms with E-state index in [1.165, 1.54) is 45.1 Å². The first-order valence-electron chi connectivity index (χ1n) is 11.2. The van der Waals surface area contributed by atoms with Crippen molar-refractivity contribution in [2.24, 2.45) is 33.7 Å². The van der Waals surface area contributed by atoms with Crippen molar-refractivity contribution in [2.75, 3.05) is 0 Å². The summed E-state index contributed by atoms with van der Waals surface area (Å²) in [5.74, 6) is 2.23. The van der Waals surface area contributed by atoms with Gasteiger partial charge in [-0.1, -0.05) is 48.6 Å². The van der Waals surface area contributed by atoms with Crippen molar-refractivity contribution < 1.29 is 0 Å². The zero-order chi connectivity index (χ0) is 20.4. The van der Waals surface area contributed by atoms with E-state index < -0.39 is 0 Å². The SMILES string of the molecule is CC1=C[C@H]2[C@@H]3C=C(C)C4=Nc5ccccc5[C@]4(C)[C@@H]3[C@H]2[C@]2(C)C1=Nc1ccccc12. The van der Waals surface area contributed by atoms with Crippen LogP contribution in [0.5, 0.6) is 0 Å². The molecule has 0 bridgehead atoms. The molecule has 2 aliphatic heterocycles. The minimum Gasteiger partial charge on any atom is -0.252 e. The van der Waals surface area contributed by atoms with Crippen molar-refractivity contribution in [1.82, 2.24) is 0 Å². The first-order valence-corrected chi connectivity index (χ1v) is 11.2. The lowest BCUT2D eigenvalue weighted by atomic mass is 9.36. The van der Waals surface area contributed by atoms with Crippen molar-refractivity contribution in [3.05, 3.63) is 83.0 Å². The van der Waals surface area contributed by atoms with Crippen LogP contribution in [0, 0.1) is 23.7 Å². The highest BCUT2D eigenvalue weighted by Crippen LogP contribution is 2.70. The molecule has 2 heteroatoms. The average molecular weight is 391 g/mol. The van der Waals surface area contributed by atoms with Gasteiger partial charge in [0, 0.05) is 10.8 Å². The van der Waals surface area contributed by atoms with Crippen LogP contribution in [0.3, 0.4) is 0 Å². The van der Waals surface area contributed by atoms with E-state index in [1.807, 2.05) is 0 Å². The highest BCUT2D eigenvalue weighted by atomic mass is 14.9. The van der Waals surface area contributed by atoms with E-state index in [-0.39, 0.29) is 10.8 Å². The molecule has 0 aromatic heterocycles. The quantitative estimate of drug-likeness (QED) is 0.492. The number of aliphatic imine (C=N–C) groups is 2. The normalized spacial score (nSPS) is 39.1. The molecule has 3 aliphatic carbocycles. The van der Waals surface area contributed by atoms with Crippen LogP contribution in [0.4, 0.5) is 11.4 Å². The Bertz CT molecular complexity index is 1180. The van der Waals surface area contributed by atoms with Crippen LogP contribution in [0.15, 0.2) is 81.8 Å². The summed E-state index contributed by atoms with van der Waals surface area (Å²) in [6, 6.07) is 17.6. The van der Waals surface area contributed by atoms with Crippen LogP contribution in [0.25, 0.3) is 0 Å². The van der Waals surface area contributed by atoms with E-state index >= 15 is 0 Å². The van der Waals surface area contributed by atoms with Crippen LogP contribution < -0.4 is 0 Å². The second-order valence-electron chi connectivity index (χ2n) is 10.3. The second-order valence-corrected chi connectivity index (χ2v) is 10.3. The zero-order valence-electron chi connectivity index (χ0n) is 18.0. The Kier molecular flexibility index (Phi) is 2.89. The lowest BCUT2D eigenvalue weighted by molar-refractivity contribution is -0.0306. The summed E-state index contributed by atoms with van der Waals surface area (Å²) in [5, 5.41) is 0. The van der Waals surface area contributed by atoms with Gasteiger partial charge in [0.15, 0.2) is 0 Å². The number of hydrogen-bond acceptors (Lipinski definition) is 2. The van der Waals surface area contributed by atoms with Crippen molar-refractivity contribution in [2.45, 2.75) is 38.5 Å². The Balaban J connectivity index is 1.49. The minimum atomic E-state index is -0.0218. The van der Waals surface area contributed by atoms with E-state index in [9.17, 15) is 0 Å². The molecule has 30 heavy (non-hydrogen) atoms. The largest absolute Gasteiger partial charge is 0.252 e. The van der Waals surface area contributed by atoms with Crippen molar-refractivity contribution in [1.29, 1.82) is 0 Å². The second kappa shape index (κ2) is 5.11. The fourth-order valence-electron chi connectivity index (χ4n) is 7.88. The lowest BCUT2D eigenvalue weighted by Crippen LogP contribution is -2.67. The van der Waals surface area contributed by atoms with E-state index in [1.54, 1.807) is 0 Å². The topological polar surface area (TPSA) is 24.7 Å².